The van der Waals surface area contributed by atoms with Crippen LogP contribution in [-0.2, 0) is 20.8 Å². The van der Waals surface area contributed by atoms with Crippen molar-refractivity contribution in [3.8, 4) is 23.0 Å². The van der Waals surface area contributed by atoms with Gasteiger partial charge in [-0.2, -0.15) is 4.80 Å². The number of hydrogen-bond acceptors (Lipinski definition) is 9. The summed E-state index contributed by atoms with van der Waals surface area (Å²) in [5.74, 6) is 0.879. The average molecular weight is 531 g/mol. The molecule has 0 saturated heterocycles. The first-order valence-corrected chi connectivity index (χ1v) is 12.0. The molecule has 0 aliphatic heterocycles. The molecule has 12 heteroatoms. The summed E-state index contributed by atoms with van der Waals surface area (Å²) in [5.41, 5.74) is -0.656. The molecule has 1 aromatic carbocycles. The maximum atomic E-state index is 12.4. The van der Waals surface area contributed by atoms with Crippen LogP contribution in [-0.4, -0.2) is 54.5 Å². The smallest absolute Gasteiger partial charge is 0.407 e. The van der Waals surface area contributed by atoms with Gasteiger partial charge in [0.2, 0.25) is 11.7 Å². The number of benzene rings is 1. The lowest BCUT2D eigenvalue weighted by Crippen LogP contribution is -2.43. The average Bonchev–Trinajstić information content (AvgIpc) is 3.21. The number of aromatic nitrogens is 5. The zero-order valence-corrected chi connectivity index (χ0v) is 22.4. The standard InChI is InChI=1S/C25H31ClN6O5/c1-24(2,3)36-21(33)13-18(28-23(34)37-25(4,5)6)15-32-30-22(29-31-32)16-7-10-19(11-8-16)35-20-12-9-17(26)14-27-20/h7-12,14,18H,13,15H2,1-6H3,(H,28,34). The number of nitrogens with one attached hydrogen (secondary N) is 1. The number of tetrazole rings is 1. The number of carbonyl (C=O) groups excluding carboxylic acids is 2. The second-order valence-electron chi connectivity index (χ2n) is 10.2. The number of esters is 1. The lowest BCUT2D eigenvalue weighted by atomic mass is 10.1. The summed E-state index contributed by atoms with van der Waals surface area (Å²) in [7, 11) is 0. The Morgan fingerprint density at radius 1 is 1.00 bits per heavy atom. The zero-order chi connectivity index (χ0) is 27.2. The van der Waals surface area contributed by atoms with E-state index in [0.29, 0.717) is 28.0 Å². The number of pyridine rings is 1. The van der Waals surface area contributed by atoms with Crippen LogP contribution in [0.1, 0.15) is 48.0 Å². The molecule has 0 bridgehead atoms. The monoisotopic (exact) mass is 530 g/mol. The quantitative estimate of drug-likeness (QED) is 0.408. The van der Waals surface area contributed by atoms with Gasteiger partial charge in [-0.15, -0.1) is 10.2 Å². The van der Waals surface area contributed by atoms with Crippen molar-refractivity contribution in [2.24, 2.45) is 0 Å². The molecule has 3 aromatic rings. The van der Waals surface area contributed by atoms with E-state index in [0.717, 1.165) is 0 Å². The highest BCUT2D eigenvalue weighted by Crippen LogP contribution is 2.23. The number of hydrogen-bond donors (Lipinski definition) is 1. The minimum absolute atomic E-state index is 0.0783. The van der Waals surface area contributed by atoms with Crippen LogP contribution >= 0.6 is 11.6 Å². The third-order valence-electron chi connectivity index (χ3n) is 4.43. The number of halogens is 1. The number of carbonyl (C=O) groups is 2. The Morgan fingerprint density at radius 3 is 2.27 bits per heavy atom. The highest BCUT2D eigenvalue weighted by Gasteiger charge is 2.25. The third-order valence-corrected chi connectivity index (χ3v) is 4.65. The van der Waals surface area contributed by atoms with E-state index < -0.39 is 29.3 Å². The van der Waals surface area contributed by atoms with Crippen molar-refractivity contribution in [3.63, 3.8) is 0 Å². The predicted octanol–water partition coefficient (Wildman–Crippen LogP) is 4.81. The van der Waals surface area contributed by atoms with Gasteiger partial charge in [0, 0.05) is 17.8 Å². The van der Waals surface area contributed by atoms with E-state index in [4.69, 9.17) is 25.8 Å². The van der Waals surface area contributed by atoms with Gasteiger partial charge in [-0.05, 0) is 77.1 Å². The maximum Gasteiger partial charge on any atom is 0.407 e. The van der Waals surface area contributed by atoms with Gasteiger partial charge >= 0.3 is 12.1 Å². The molecule has 2 heterocycles. The lowest BCUT2D eigenvalue weighted by Gasteiger charge is -2.24. The molecule has 0 fully saturated rings. The van der Waals surface area contributed by atoms with Crippen LogP contribution in [0.15, 0.2) is 42.6 Å². The molecular formula is C25H31ClN6O5. The molecule has 2 aromatic heterocycles. The molecule has 11 nitrogen and oxygen atoms in total. The van der Waals surface area contributed by atoms with E-state index in [1.165, 1.54) is 11.0 Å². The Labute approximate surface area is 220 Å². The van der Waals surface area contributed by atoms with Crippen LogP contribution in [0.5, 0.6) is 11.6 Å². The highest BCUT2D eigenvalue weighted by molar-refractivity contribution is 6.30. The van der Waals surface area contributed by atoms with Crippen LogP contribution in [0.2, 0.25) is 5.02 Å². The molecule has 37 heavy (non-hydrogen) atoms. The Kier molecular flexibility index (Phi) is 8.69. The molecule has 3 rings (SSSR count). The SMILES string of the molecule is CC(C)(C)OC(=O)CC(Cn1nnc(-c2ccc(Oc3ccc(Cl)cn3)cc2)n1)NC(=O)OC(C)(C)C. The molecule has 1 N–H and O–H groups in total. The number of rotatable bonds is 8. The maximum absolute atomic E-state index is 12.4. The van der Waals surface area contributed by atoms with Crippen molar-refractivity contribution in [1.29, 1.82) is 0 Å². The van der Waals surface area contributed by atoms with Gasteiger partial charge in [-0.1, -0.05) is 11.6 Å². The molecular weight excluding hydrogens is 500 g/mol. The van der Waals surface area contributed by atoms with E-state index >= 15 is 0 Å². The molecule has 0 radical (unpaired) electrons. The normalized spacial score (nSPS) is 12.5. The fraction of sp³-hybridized carbons (Fsp3) is 0.440. The molecule has 0 aliphatic carbocycles. The van der Waals surface area contributed by atoms with Crippen LogP contribution in [0.4, 0.5) is 4.79 Å². The van der Waals surface area contributed by atoms with Crippen molar-refractivity contribution < 1.29 is 23.8 Å². The van der Waals surface area contributed by atoms with Gasteiger partial charge in [0.1, 0.15) is 17.0 Å². The molecule has 0 aliphatic rings. The minimum Gasteiger partial charge on any atom is -0.460 e. The Hall–Kier alpha value is -3.73. The molecule has 0 saturated carbocycles. The fourth-order valence-electron chi connectivity index (χ4n) is 3.07. The topological polar surface area (TPSA) is 130 Å². The van der Waals surface area contributed by atoms with E-state index in [2.05, 4.69) is 25.7 Å². The van der Waals surface area contributed by atoms with Crippen LogP contribution in [0.3, 0.4) is 0 Å². The number of alkyl carbamates (subject to hydrolysis) is 1. The number of ether oxygens (including phenoxy) is 3. The van der Waals surface area contributed by atoms with Gasteiger partial charge in [-0.25, -0.2) is 9.78 Å². The van der Waals surface area contributed by atoms with Gasteiger partial charge in [-0.3, -0.25) is 4.79 Å². The Morgan fingerprint density at radius 2 is 1.68 bits per heavy atom. The summed E-state index contributed by atoms with van der Waals surface area (Å²) in [6.07, 6.45) is 0.742. The first-order chi connectivity index (χ1) is 17.3. The summed E-state index contributed by atoms with van der Waals surface area (Å²) >= 11 is 5.85. The molecule has 1 atom stereocenters. The van der Waals surface area contributed by atoms with E-state index in [9.17, 15) is 9.59 Å². The fourth-order valence-corrected chi connectivity index (χ4v) is 3.18. The van der Waals surface area contributed by atoms with Crippen LogP contribution in [0, 0.1) is 0 Å². The predicted molar refractivity (Wildman–Crippen MR) is 136 cm³/mol. The summed E-state index contributed by atoms with van der Waals surface area (Å²) in [5, 5.41) is 15.8. The second-order valence-corrected chi connectivity index (χ2v) is 10.7. The summed E-state index contributed by atoms with van der Waals surface area (Å²) in [6.45, 7) is 10.7. The summed E-state index contributed by atoms with van der Waals surface area (Å²) in [6, 6.07) is 9.74. The third kappa shape index (κ3) is 9.68. The van der Waals surface area contributed by atoms with Crippen LogP contribution in [0.25, 0.3) is 11.4 Å². The summed E-state index contributed by atoms with van der Waals surface area (Å²) in [4.78, 5) is 30.2. The highest BCUT2D eigenvalue weighted by atomic mass is 35.5. The largest absolute Gasteiger partial charge is 0.460 e. The Balaban J connectivity index is 1.68. The molecule has 198 valence electrons. The molecule has 1 amide bonds. The number of amides is 1. The summed E-state index contributed by atoms with van der Waals surface area (Å²) < 4.78 is 16.4. The first-order valence-electron chi connectivity index (χ1n) is 11.6. The minimum atomic E-state index is -0.696. The first kappa shape index (κ1) is 27.9. The zero-order valence-electron chi connectivity index (χ0n) is 21.7. The van der Waals surface area contributed by atoms with Crippen molar-refractivity contribution in [3.05, 3.63) is 47.6 Å². The van der Waals surface area contributed by atoms with Gasteiger partial charge < -0.3 is 19.5 Å². The molecule has 0 spiro atoms. The van der Waals surface area contributed by atoms with E-state index in [-0.39, 0.29) is 13.0 Å². The van der Waals surface area contributed by atoms with E-state index in [1.807, 2.05) is 0 Å². The van der Waals surface area contributed by atoms with Gasteiger partial charge in [0.05, 0.1) is 24.0 Å². The lowest BCUT2D eigenvalue weighted by molar-refractivity contribution is -0.155. The molecule has 1 unspecified atom stereocenters. The van der Waals surface area contributed by atoms with Gasteiger partial charge in [0.15, 0.2) is 0 Å². The van der Waals surface area contributed by atoms with Gasteiger partial charge in [0.25, 0.3) is 0 Å². The van der Waals surface area contributed by atoms with Crippen molar-refractivity contribution in [1.82, 2.24) is 30.5 Å². The van der Waals surface area contributed by atoms with Crippen molar-refractivity contribution >= 4 is 23.7 Å². The number of nitrogens with zero attached hydrogens (tertiary/aromatic N) is 5. The van der Waals surface area contributed by atoms with Crippen LogP contribution < -0.4 is 10.1 Å². The van der Waals surface area contributed by atoms with Crippen molar-refractivity contribution in [2.45, 2.75) is 71.8 Å². The van der Waals surface area contributed by atoms with Crippen molar-refractivity contribution in [2.75, 3.05) is 0 Å². The second kappa shape index (κ2) is 11.5. The van der Waals surface area contributed by atoms with E-state index in [1.54, 1.807) is 77.9 Å². The Bertz CT molecular complexity index is 1170.